The van der Waals surface area contributed by atoms with Crippen LogP contribution in [0.2, 0.25) is 0 Å². The molecule has 8 heteroatoms. The van der Waals surface area contributed by atoms with Gasteiger partial charge < -0.3 is 20.0 Å². The average molecular weight is 454 g/mol. The molecule has 0 fully saturated rings. The van der Waals surface area contributed by atoms with E-state index < -0.39 is 29.8 Å². The van der Waals surface area contributed by atoms with E-state index in [1.807, 2.05) is 48.5 Å². The van der Waals surface area contributed by atoms with Gasteiger partial charge in [-0.05, 0) is 46.4 Å². The Balaban J connectivity index is 1.41. The standard InChI is InChI=1S/C25H20F3NO4/c26-25(27,28)16-11-9-15(10-12-16)13-22(23(30)31)29-24(32)33-14-21-19-7-3-1-5-17(19)18-6-2-4-8-20(18)21/h1-12,21-22H,13-14H2,(H,29,32)(H,30,31)/p-1/t22-/m1/s1. The van der Waals surface area contributed by atoms with Gasteiger partial charge in [-0.25, -0.2) is 4.79 Å². The second-order valence-electron chi connectivity index (χ2n) is 7.74. The minimum absolute atomic E-state index is 0.0000920. The Kier molecular flexibility index (Phi) is 6.09. The summed E-state index contributed by atoms with van der Waals surface area (Å²) in [7, 11) is 0. The van der Waals surface area contributed by atoms with Crippen LogP contribution in [0.5, 0.6) is 0 Å². The van der Waals surface area contributed by atoms with Crippen LogP contribution >= 0.6 is 0 Å². The van der Waals surface area contributed by atoms with Crippen molar-refractivity contribution in [3.63, 3.8) is 0 Å². The van der Waals surface area contributed by atoms with Crippen molar-refractivity contribution >= 4 is 12.1 Å². The van der Waals surface area contributed by atoms with Gasteiger partial charge in [-0.2, -0.15) is 13.2 Å². The molecule has 0 spiro atoms. The van der Waals surface area contributed by atoms with Crippen molar-refractivity contribution < 1.29 is 32.6 Å². The molecule has 5 nitrogen and oxygen atoms in total. The summed E-state index contributed by atoms with van der Waals surface area (Å²) in [5.41, 5.74) is 3.58. The Morgan fingerprint density at radius 1 is 0.909 bits per heavy atom. The zero-order chi connectivity index (χ0) is 23.6. The molecule has 1 aliphatic carbocycles. The van der Waals surface area contributed by atoms with Crippen LogP contribution in [0, 0.1) is 0 Å². The van der Waals surface area contributed by atoms with Gasteiger partial charge in [0.2, 0.25) is 0 Å². The Morgan fingerprint density at radius 3 is 1.97 bits per heavy atom. The predicted molar refractivity (Wildman–Crippen MR) is 112 cm³/mol. The summed E-state index contributed by atoms with van der Waals surface area (Å²) in [5.74, 6) is -1.76. The largest absolute Gasteiger partial charge is 0.548 e. The van der Waals surface area contributed by atoms with Crippen LogP contribution in [-0.4, -0.2) is 24.7 Å². The number of alkyl halides is 3. The van der Waals surface area contributed by atoms with Crippen molar-refractivity contribution in [3.8, 4) is 11.1 Å². The number of fused-ring (bicyclic) bond motifs is 3. The summed E-state index contributed by atoms with van der Waals surface area (Å²) in [6.45, 7) is -0.0000920. The lowest BCUT2D eigenvalue weighted by atomic mass is 9.98. The van der Waals surface area contributed by atoms with Gasteiger partial charge >= 0.3 is 12.3 Å². The average Bonchev–Trinajstić information content (AvgIpc) is 3.11. The smallest absolute Gasteiger partial charge is 0.416 e. The summed E-state index contributed by atoms with van der Waals surface area (Å²) in [4.78, 5) is 23.8. The summed E-state index contributed by atoms with van der Waals surface area (Å²) in [6, 6.07) is 18.1. The molecule has 0 aromatic heterocycles. The third-order valence-corrected chi connectivity index (χ3v) is 5.64. The monoisotopic (exact) mass is 454 g/mol. The highest BCUT2D eigenvalue weighted by Crippen LogP contribution is 2.44. The van der Waals surface area contributed by atoms with E-state index in [2.05, 4.69) is 5.32 Å². The number of carboxylic acids is 1. The van der Waals surface area contributed by atoms with Gasteiger partial charge in [-0.3, -0.25) is 0 Å². The van der Waals surface area contributed by atoms with Crippen molar-refractivity contribution in [2.24, 2.45) is 0 Å². The molecule has 1 N–H and O–H groups in total. The van der Waals surface area contributed by atoms with E-state index in [1.165, 1.54) is 0 Å². The maximum absolute atomic E-state index is 12.7. The molecule has 0 saturated carbocycles. The zero-order valence-electron chi connectivity index (χ0n) is 17.3. The van der Waals surface area contributed by atoms with Crippen LogP contribution in [0.4, 0.5) is 18.0 Å². The maximum Gasteiger partial charge on any atom is 0.416 e. The van der Waals surface area contributed by atoms with Crippen molar-refractivity contribution in [3.05, 3.63) is 95.1 Å². The van der Waals surface area contributed by atoms with Crippen LogP contribution < -0.4 is 10.4 Å². The number of halogens is 3. The summed E-state index contributed by atoms with van der Waals surface area (Å²) < 4.78 is 43.4. The van der Waals surface area contributed by atoms with Gasteiger partial charge in [0, 0.05) is 5.92 Å². The molecule has 0 aliphatic heterocycles. The molecule has 33 heavy (non-hydrogen) atoms. The first-order chi connectivity index (χ1) is 15.7. The van der Waals surface area contributed by atoms with E-state index in [-0.39, 0.29) is 18.9 Å². The van der Waals surface area contributed by atoms with Gasteiger partial charge in [0.05, 0.1) is 17.6 Å². The Morgan fingerprint density at radius 2 is 1.45 bits per heavy atom. The molecule has 3 aromatic rings. The molecule has 1 atom stereocenters. The highest BCUT2D eigenvalue weighted by molar-refractivity contribution is 5.80. The fraction of sp³-hybridized carbons (Fsp3) is 0.200. The van der Waals surface area contributed by atoms with E-state index >= 15 is 0 Å². The van der Waals surface area contributed by atoms with Crippen LogP contribution in [0.15, 0.2) is 72.8 Å². The molecule has 0 radical (unpaired) electrons. The topological polar surface area (TPSA) is 78.5 Å². The molecule has 0 bridgehead atoms. The third kappa shape index (κ3) is 4.84. The second kappa shape index (κ2) is 8.97. The number of nitrogens with one attached hydrogen (secondary N) is 1. The number of ether oxygens (including phenoxy) is 1. The number of hydrogen-bond acceptors (Lipinski definition) is 4. The van der Waals surface area contributed by atoms with E-state index in [0.717, 1.165) is 46.5 Å². The van der Waals surface area contributed by atoms with Gasteiger partial charge in [0.15, 0.2) is 0 Å². The van der Waals surface area contributed by atoms with Crippen LogP contribution in [0.25, 0.3) is 11.1 Å². The molecule has 0 heterocycles. The molecule has 1 amide bonds. The lowest BCUT2D eigenvalue weighted by Crippen LogP contribution is -2.49. The minimum atomic E-state index is -4.49. The number of aliphatic carboxylic acids is 1. The van der Waals surface area contributed by atoms with E-state index in [1.54, 1.807) is 0 Å². The predicted octanol–water partition coefficient (Wildman–Crippen LogP) is 3.91. The van der Waals surface area contributed by atoms with Crippen molar-refractivity contribution in [1.29, 1.82) is 0 Å². The first-order valence-electron chi connectivity index (χ1n) is 10.2. The minimum Gasteiger partial charge on any atom is -0.548 e. The van der Waals surface area contributed by atoms with E-state index in [9.17, 15) is 27.9 Å². The molecule has 170 valence electrons. The molecule has 4 rings (SSSR count). The quantitative estimate of drug-likeness (QED) is 0.613. The fourth-order valence-corrected chi connectivity index (χ4v) is 4.04. The number of carboxylic acid groups (broad SMARTS) is 1. The van der Waals surface area contributed by atoms with Crippen molar-refractivity contribution in [1.82, 2.24) is 5.32 Å². The fourth-order valence-electron chi connectivity index (χ4n) is 4.04. The number of alkyl carbamates (subject to hydrolysis) is 1. The van der Waals surface area contributed by atoms with Gasteiger partial charge in [0.1, 0.15) is 6.61 Å². The van der Waals surface area contributed by atoms with Gasteiger partial charge in [0.25, 0.3) is 0 Å². The Hall–Kier alpha value is -3.81. The number of benzene rings is 3. The molecule has 1 aliphatic rings. The summed E-state index contributed by atoms with van der Waals surface area (Å²) in [5, 5.41) is 13.7. The second-order valence-corrected chi connectivity index (χ2v) is 7.74. The highest BCUT2D eigenvalue weighted by Gasteiger charge is 2.31. The number of rotatable bonds is 6. The maximum atomic E-state index is 12.7. The van der Waals surface area contributed by atoms with Gasteiger partial charge in [-0.1, -0.05) is 60.7 Å². The first-order valence-corrected chi connectivity index (χ1v) is 10.2. The molecule has 0 unspecified atom stereocenters. The molecular weight excluding hydrogens is 435 g/mol. The third-order valence-electron chi connectivity index (χ3n) is 5.64. The Labute approximate surface area is 187 Å². The van der Waals surface area contributed by atoms with Gasteiger partial charge in [-0.15, -0.1) is 0 Å². The number of carbonyl (C=O) groups is 2. The normalized spacial score (nSPS) is 13.7. The van der Waals surface area contributed by atoms with Crippen molar-refractivity contribution in [2.75, 3.05) is 6.61 Å². The SMILES string of the molecule is O=C(N[C@H](Cc1ccc(C(F)(F)F)cc1)C(=O)[O-])OCC1c2ccccc2-c2ccccc21. The van der Waals surface area contributed by atoms with Crippen molar-refractivity contribution in [2.45, 2.75) is 24.6 Å². The molecule has 3 aromatic carbocycles. The number of hydrogen-bond donors (Lipinski definition) is 1. The van der Waals surface area contributed by atoms with E-state index in [0.29, 0.717) is 5.56 Å². The zero-order valence-corrected chi connectivity index (χ0v) is 17.3. The summed E-state index contributed by atoms with van der Waals surface area (Å²) >= 11 is 0. The number of amides is 1. The Bertz CT molecular complexity index is 1130. The molecule has 0 saturated heterocycles. The summed E-state index contributed by atoms with van der Waals surface area (Å²) in [6.07, 6.45) is -5.69. The van der Waals surface area contributed by atoms with Crippen LogP contribution in [-0.2, 0) is 22.1 Å². The lowest BCUT2D eigenvalue weighted by molar-refractivity contribution is -0.308. The van der Waals surface area contributed by atoms with Crippen LogP contribution in [0.1, 0.15) is 28.2 Å². The number of carbonyl (C=O) groups excluding carboxylic acids is 2. The first kappa shape index (κ1) is 22.4. The molecular formula is C25H19F3NO4-. The highest BCUT2D eigenvalue weighted by atomic mass is 19.4. The van der Waals surface area contributed by atoms with Crippen LogP contribution in [0.3, 0.4) is 0 Å². The van der Waals surface area contributed by atoms with E-state index in [4.69, 9.17) is 4.74 Å². The lowest BCUT2D eigenvalue weighted by Gasteiger charge is -2.21.